The summed E-state index contributed by atoms with van der Waals surface area (Å²) in [5.74, 6) is 0.371. The van der Waals surface area contributed by atoms with E-state index in [4.69, 9.17) is 4.74 Å². The van der Waals surface area contributed by atoms with Gasteiger partial charge in [0, 0.05) is 19.2 Å². The summed E-state index contributed by atoms with van der Waals surface area (Å²) < 4.78 is 6.35. The smallest absolute Gasteiger partial charge is 0.292 e. The van der Waals surface area contributed by atoms with E-state index in [2.05, 4.69) is 0 Å². The molecule has 0 aromatic carbocycles. The van der Waals surface area contributed by atoms with Crippen LogP contribution in [0.5, 0.6) is 5.75 Å². The fraction of sp³-hybridized carbons (Fsp3) is 0.400. The molecule has 4 heteroatoms. The molecule has 1 rings (SSSR count). The van der Waals surface area contributed by atoms with Crippen LogP contribution < -0.4 is 10.3 Å². The average molecular weight is 195 g/mol. The number of rotatable bonds is 4. The molecule has 1 aromatic heterocycles. The highest BCUT2D eigenvalue weighted by molar-refractivity contribution is 5.75. The molecule has 0 aliphatic carbocycles. The maximum Gasteiger partial charge on any atom is 0.292 e. The van der Waals surface area contributed by atoms with Gasteiger partial charge >= 0.3 is 0 Å². The third-order valence-electron chi connectivity index (χ3n) is 1.91. The first kappa shape index (κ1) is 10.5. The van der Waals surface area contributed by atoms with Gasteiger partial charge in [-0.05, 0) is 19.1 Å². The fourth-order valence-electron chi connectivity index (χ4n) is 1.12. The van der Waals surface area contributed by atoms with Crippen LogP contribution in [-0.4, -0.2) is 17.5 Å². The van der Waals surface area contributed by atoms with Crippen LogP contribution in [0, 0.1) is 0 Å². The standard InChI is InChI=1S/C10H13NO3/c1-8(12)5-7-11-6-3-4-9(14-2)10(11)13/h3-4,6H,5,7H2,1-2H3. The lowest BCUT2D eigenvalue weighted by Crippen LogP contribution is -2.21. The summed E-state index contributed by atoms with van der Waals surface area (Å²) in [6.45, 7) is 1.91. The molecule has 0 atom stereocenters. The first-order valence-corrected chi connectivity index (χ1v) is 4.38. The van der Waals surface area contributed by atoms with Crippen molar-refractivity contribution in [3.05, 3.63) is 28.7 Å². The molecule has 0 saturated heterocycles. The number of ketones is 1. The van der Waals surface area contributed by atoms with Gasteiger partial charge in [0.1, 0.15) is 5.78 Å². The molecule has 0 aliphatic rings. The number of ether oxygens (including phenoxy) is 1. The van der Waals surface area contributed by atoms with Gasteiger partial charge in [-0.1, -0.05) is 0 Å². The van der Waals surface area contributed by atoms with E-state index in [0.717, 1.165) is 0 Å². The Labute approximate surface area is 82.1 Å². The molecule has 0 spiro atoms. The molecule has 4 nitrogen and oxygen atoms in total. The molecule has 1 heterocycles. The van der Waals surface area contributed by atoms with E-state index in [1.807, 2.05) is 0 Å². The largest absolute Gasteiger partial charge is 0.491 e. The monoisotopic (exact) mass is 195 g/mol. The van der Waals surface area contributed by atoms with Crippen molar-refractivity contribution in [1.29, 1.82) is 0 Å². The maximum absolute atomic E-state index is 11.5. The average Bonchev–Trinajstić information content (AvgIpc) is 2.16. The lowest BCUT2D eigenvalue weighted by atomic mass is 10.3. The summed E-state index contributed by atoms with van der Waals surface area (Å²) >= 11 is 0. The number of Topliss-reactive ketones (excluding diaryl/α,β-unsaturated/α-hetero) is 1. The summed E-state index contributed by atoms with van der Waals surface area (Å²) in [7, 11) is 1.45. The zero-order valence-corrected chi connectivity index (χ0v) is 8.32. The summed E-state index contributed by atoms with van der Waals surface area (Å²) in [6.07, 6.45) is 2.01. The van der Waals surface area contributed by atoms with Gasteiger partial charge in [-0.3, -0.25) is 9.59 Å². The van der Waals surface area contributed by atoms with Gasteiger partial charge < -0.3 is 9.30 Å². The number of pyridine rings is 1. The molecule has 14 heavy (non-hydrogen) atoms. The maximum atomic E-state index is 11.5. The third-order valence-corrected chi connectivity index (χ3v) is 1.91. The van der Waals surface area contributed by atoms with Crippen molar-refractivity contribution in [2.24, 2.45) is 0 Å². The van der Waals surface area contributed by atoms with Crippen molar-refractivity contribution in [2.45, 2.75) is 19.9 Å². The molecular formula is C10H13NO3. The zero-order chi connectivity index (χ0) is 10.6. The SMILES string of the molecule is COc1cccn(CCC(C)=O)c1=O. The molecular weight excluding hydrogens is 182 g/mol. The Morgan fingerprint density at radius 2 is 2.29 bits per heavy atom. The molecule has 0 unspecified atom stereocenters. The number of carbonyl (C=O) groups excluding carboxylic acids is 1. The summed E-state index contributed by atoms with van der Waals surface area (Å²) in [6, 6.07) is 3.33. The minimum Gasteiger partial charge on any atom is -0.491 e. The van der Waals surface area contributed by atoms with Crippen LogP contribution >= 0.6 is 0 Å². The van der Waals surface area contributed by atoms with Crippen LogP contribution in [0.15, 0.2) is 23.1 Å². The molecule has 0 saturated carbocycles. The number of hydrogen-bond acceptors (Lipinski definition) is 3. The van der Waals surface area contributed by atoms with E-state index in [0.29, 0.717) is 18.7 Å². The summed E-state index contributed by atoms with van der Waals surface area (Å²) in [5.41, 5.74) is -0.198. The second kappa shape index (κ2) is 4.60. The van der Waals surface area contributed by atoms with E-state index in [-0.39, 0.29) is 11.3 Å². The number of aryl methyl sites for hydroxylation is 1. The zero-order valence-electron chi connectivity index (χ0n) is 8.32. The molecule has 0 radical (unpaired) electrons. The molecule has 1 aromatic rings. The van der Waals surface area contributed by atoms with Crippen molar-refractivity contribution in [3.8, 4) is 5.75 Å². The first-order valence-electron chi connectivity index (χ1n) is 4.38. The Morgan fingerprint density at radius 1 is 1.57 bits per heavy atom. The first-order chi connectivity index (χ1) is 6.65. The van der Waals surface area contributed by atoms with Gasteiger partial charge in [0.25, 0.3) is 5.56 Å². The molecule has 76 valence electrons. The highest BCUT2D eigenvalue weighted by Crippen LogP contribution is 2.00. The Kier molecular flexibility index (Phi) is 3.45. The van der Waals surface area contributed by atoms with E-state index in [1.165, 1.54) is 18.6 Å². The van der Waals surface area contributed by atoms with Gasteiger partial charge in [0.15, 0.2) is 5.75 Å². The van der Waals surface area contributed by atoms with Crippen molar-refractivity contribution in [1.82, 2.24) is 4.57 Å². The molecule has 0 N–H and O–H groups in total. The number of hydrogen-bond donors (Lipinski definition) is 0. The van der Waals surface area contributed by atoms with Crippen molar-refractivity contribution in [2.75, 3.05) is 7.11 Å². The van der Waals surface area contributed by atoms with E-state index >= 15 is 0 Å². The minimum absolute atomic E-state index is 0.0692. The van der Waals surface area contributed by atoms with Crippen LogP contribution in [-0.2, 0) is 11.3 Å². The third kappa shape index (κ3) is 2.45. The number of aromatic nitrogens is 1. The molecule has 0 amide bonds. The van der Waals surface area contributed by atoms with Crippen LogP contribution in [0.3, 0.4) is 0 Å². The van der Waals surface area contributed by atoms with Gasteiger partial charge in [-0.15, -0.1) is 0 Å². The summed E-state index contributed by atoms with van der Waals surface area (Å²) in [5, 5.41) is 0. The number of carbonyl (C=O) groups is 1. The lowest BCUT2D eigenvalue weighted by molar-refractivity contribution is -0.117. The second-order valence-corrected chi connectivity index (χ2v) is 3.03. The van der Waals surface area contributed by atoms with E-state index in [9.17, 15) is 9.59 Å². The normalized spacial score (nSPS) is 9.86. The number of methoxy groups -OCH3 is 1. The molecule has 0 fully saturated rings. The van der Waals surface area contributed by atoms with Gasteiger partial charge in [0.2, 0.25) is 0 Å². The van der Waals surface area contributed by atoms with E-state index in [1.54, 1.807) is 18.3 Å². The van der Waals surface area contributed by atoms with Gasteiger partial charge in [-0.2, -0.15) is 0 Å². The number of nitrogens with zero attached hydrogens (tertiary/aromatic N) is 1. The Bertz CT molecular complexity index is 381. The van der Waals surface area contributed by atoms with Crippen molar-refractivity contribution < 1.29 is 9.53 Å². The van der Waals surface area contributed by atoms with Crippen LogP contribution in [0.1, 0.15) is 13.3 Å². The predicted molar refractivity (Wildman–Crippen MR) is 52.6 cm³/mol. The highest BCUT2D eigenvalue weighted by Gasteiger charge is 2.02. The van der Waals surface area contributed by atoms with Gasteiger partial charge in [0.05, 0.1) is 7.11 Å². The van der Waals surface area contributed by atoms with Crippen LogP contribution in [0.2, 0.25) is 0 Å². The predicted octanol–water partition coefficient (Wildman–Crippen LogP) is 0.836. The lowest BCUT2D eigenvalue weighted by Gasteiger charge is -2.05. The quantitative estimate of drug-likeness (QED) is 0.715. The minimum atomic E-state index is -0.198. The Morgan fingerprint density at radius 3 is 2.86 bits per heavy atom. The van der Waals surface area contributed by atoms with Crippen LogP contribution in [0.25, 0.3) is 0 Å². The summed E-state index contributed by atoms with van der Waals surface area (Å²) in [4.78, 5) is 22.3. The second-order valence-electron chi connectivity index (χ2n) is 3.03. The van der Waals surface area contributed by atoms with Crippen molar-refractivity contribution >= 4 is 5.78 Å². The Balaban J connectivity index is 2.87. The van der Waals surface area contributed by atoms with Crippen molar-refractivity contribution in [3.63, 3.8) is 0 Å². The highest BCUT2D eigenvalue weighted by atomic mass is 16.5. The fourth-order valence-corrected chi connectivity index (χ4v) is 1.12. The van der Waals surface area contributed by atoms with E-state index < -0.39 is 0 Å². The topological polar surface area (TPSA) is 48.3 Å². The van der Waals surface area contributed by atoms with Gasteiger partial charge in [-0.25, -0.2) is 0 Å². The molecule has 0 bridgehead atoms. The molecule has 0 aliphatic heterocycles. The van der Waals surface area contributed by atoms with Crippen LogP contribution in [0.4, 0.5) is 0 Å². The Hall–Kier alpha value is -1.58.